The van der Waals surface area contributed by atoms with Crippen LogP contribution in [0.3, 0.4) is 0 Å². The van der Waals surface area contributed by atoms with Gasteiger partial charge in [0.25, 0.3) is 6.71 Å². The molecule has 2 aliphatic heterocycles. The van der Waals surface area contributed by atoms with E-state index in [9.17, 15) is 0 Å². The minimum atomic E-state index is -0.0678. The lowest BCUT2D eigenvalue weighted by Crippen LogP contribution is -2.59. The number of aromatic nitrogens is 9. The Morgan fingerprint density at radius 2 is 1.00 bits per heavy atom. The van der Waals surface area contributed by atoms with Gasteiger partial charge in [0.05, 0.1) is 43.9 Å². The molecule has 9 nitrogen and oxygen atoms in total. The molecule has 0 unspecified atom stereocenters. The van der Waals surface area contributed by atoms with Gasteiger partial charge in [0, 0.05) is 64.7 Å². The van der Waals surface area contributed by atoms with Crippen LogP contribution in [0.25, 0.3) is 100 Å². The molecule has 12 aromatic rings. The van der Waals surface area contributed by atoms with Crippen molar-refractivity contribution in [2.24, 2.45) is 0 Å². The highest BCUT2D eigenvalue weighted by molar-refractivity contribution is 7.00. The molecule has 0 spiro atoms. The Morgan fingerprint density at radius 3 is 1.68 bits per heavy atom. The highest BCUT2D eigenvalue weighted by Gasteiger charge is 2.43. The first-order valence-electron chi connectivity index (χ1n) is 19.1. The minimum absolute atomic E-state index is 0.0678. The molecule has 2 aliphatic rings. The monoisotopic (exact) mass is 727 g/mol. The molecule has 0 atom stereocenters. The van der Waals surface area contributed by atoms with Gasteiger partial charge in [0.1, 0.15) is 16.8 Å². The molecule has 0 radical (unpaired) electrons. The van der Waals surface area contributed by atoms with Crippen LogP contribution in [0.2, 0.25) is 0 Å². The van der Waals surface area contributed by atoms with E-state index in [1.807, 2.05) is 49.2 Å². The molecule has 0 saturated carbocycles. The predicted octanol–water partition coefficient (Wildman–Crippen LogP) is 7.55. The van der Waals surface area contributed by atoms with Gasteiger partial charge < -0.3 is 0 Å². The average molecular weight is 728 g/mol. The highest BCUT2D eigenvalue weighted by atomic mass is 15.2. The fourth-order valence-corrected chi connectivity index (χ4v) is 10.2. The fraction of sp³-hybridized carbons (Fsp3) is 0. The van der Waals surface area contributed by atoms with Crippen LogP contribution >= 0.6 is 0 Å². The van der Waals surface area contributed by atoms with E-state index in [-0.39, 0.29) is 6.71 Å². The standard InChI is InChI=1S/C47H26BN9/c1-3-11-28(12-4-1)54-33-17-8-20-49-40(33)37-30-15-7-16-31-43(30)56(46(37)54)35-25-27(45-52-22-10-23-53-45)26-36-39(35)48(31)32-19-24-51-42-38-41-34(18-9-21-50-41)55(29-13-5-2-6-14-29)47(38)57(36)44(32)42/h1-26H. The van der Waals surface area contributed by atoms with Gasteiger partial charge in [-0.15, -0.1) is 0 Å². The summed E-state index contributed by atoms with van der Waals surface area (Å²) in [6.07, 6.45) is 9.42. The number of hydrogen-bond acceptors (Lipinski definition) is 5. The Balaban J connectivity index is 1.24. The number of hydrogen-bond donors (Lipinski definition) is 0. The van der Waals surface area contributed by atoms with Crippen molar-refractivity contribution in [1.29, 1.82) is 0 Å². The van der Waals surface area contributed by atoms with Gasteiger partial charge >= 0.3 is 0 Å². The van der Waals surface area contributed by atoms with Crippen LogP contribution in [0, 0.1) is 0 Å². The van der Waals surface area contributed by atoms with E-state index in [0.717, 1.165) is 83.5 Å². The molecule has 0 N–H and O–H groups in total. The zero-order chi connectivity index (χ0) is 36.9. The van der Waals surface area contributed by atoms with Crippen molar-refractivity contribution in [3.63, 3.8) is 0 Å². The quantitative estimate of drug-likeness (QED) is 0.176. The molecule has 14 rings (SSSR count). The Morgan fingerprint density at radius 1 is 0.421 bits per heavy atom. The molecule has 262 valence electrons. The molecular formula is C47H26BN9. The molecule has 57 heavy (non-hydrogen) atoms. The van der Waals surface area contributed by atoms with E-state index >= 15 is 0 Å². The SMILES string of the molecule is c1ccc(-n2c3cccnc3c3c4cccc5c4n(c32)-c2cc(-c3ncccn3)cc3c2B5c2ccnc4c5c6ncccc6n(-c6ccccc6)c5n-3c24)cc1. The fourth-order valence-electron chi connectivity index (χ4n) is 10.2. The van der Waals surface area contributed by atoms with Gasteiger partial charge in [-0.05, 0) is 89.2 Å². The first-order chi connectivity index (χ1) is 28.3. The van der Waals surface area contributed by atoms with E-state index in [4.69, 9.17) is 24.9 Å². The maximum atomic E-state index is 5.18. The summed E-state index contributed by atoms with van der Waals surface area (Å²) in [7, 11) is 0. The summed E-state index contributed by atoms with van der Waals surface area (Å²) in [6.45, 7) is -0.0678. The van der Waals surface area contributed by atoms with E-state index in [1.165, 1.54) is 27.3 Å². The van der Waals surface area contributed by atoms with Crippen LogP contribution in [-0.2, 0) is 0 Å². The first kappa shape index (κ1) is 29.5. The maximum Gasteiger partial charge on any atom is 0.252 e. The normalized spacial score (nSPS) is 12.9. The number of nitrogens with zero attached hydrogens (tertiary/aromatic N) is 9. The molecule has 0 amide bonds. The molecular weight excluding hydrogens is 701 g/mol. The molecule has 4 aromatic carbocycles. The van der Waals surface area contributed by atoms with Gasteiger partial charge in [-0.3, -0.25) is 33.2 Å². The van der Waals surface area contributed by atoms with Crippen molar-refractivity contribution in [2.45, 2.75) is 0 Å². The summed E-state index contributed by atoms with van der Waals surface area (Å²) in [6, 6.07) is 45.1. The molecule has 8 aromatic heterocycles. The number of para-hydroxylation sites is 3. The van der Waals surface area contributed by atoms with E-state index < -0.39 is 0 Å². The average Bonchev–Trinajstić information content (AvgIpc) is 4.00. The Hall–Kier alpha value is -7.85. The van der Waals surface area contributed by atoms with E-state index in [1.54, 1.807) is 0 Å². The predicted molar refractivity (Wildman–Crippen MR) is 228 cm³/mol. The van der Waals surface area contributed by atoms with Crippen molar-refractivity contribution < 1.29 is 0 Å². The third-order valence-electron chi connectivity index (χ3n) is 12.2. The van der Waals surface area contributed by atoms with Crippen LogP contribution in [-0.4, -0.2) is 49.9 Å². The molecule has 10 heterocycles. The Labute approximate surface area is 323 Å². The lowest BCUT2D eigenvalue weighted by atomic mass is 9.34. The number of rotatable bonds is 3. The summed E-state index contributed by atoms with van der Waals surface area (Å²) in [5.41, 5.74) is 18.3. The van der Waals surface area contributed by atoms with Gasteiger partial charge in [-0.1, -0.05) is 54.6 Å². The maximum absolute atomic E-state index is 5.18. The molecule has 0 aliphatic carbocycles. The summed E-state index contributed by atoms with van der Waals surface area (Å²) in [5.74, 6) is 0.666. The van der Waals surface area contributed by atoms with Crippen molar-refractivity contribution in [3.05, 3.63) is 158 Å². The number of pyridine rings is 3. The van der Waals surface area contributed by atoms with Crippen LogP contribution in [0.4, 0.5) is 0 Å². The Kier molecular flexibility index (Phi) is 5.42. The largest absolute Gasteiger partial charge is 0.296 e. The lowest BCUT2D eigenvalue weighted by Gasteiger charge is -2.34. The van der Waals surface area contributed by atoms with E-state index in [0.29, 0.717) is 5.82 Å². The first-order valence-corrected chi connectivity index (χ1v) is 19.1. The summed E-state index contributed by atoms with van der Waals surface area (Å²) in [5, 5.41) is 3.35. The van der Waals surface area contributed by atoms with Crippen molar-refractivity contribution in [3.8, 4) is 34.1 Å². The zero-order valence-electron chi connectivity index (χ0n) is 30.1. The van der Waals surface area contributed by atoms with E-state index in [2.05, 4.69) is 127 Å². The molecule has 0 bridgehead atoms. The van der Waals surface area contributed by atoms with Crippen molar-refractivity contribution >= 4 is 89.2 Å². The molecule has 0 saturated heterocycles. The second-order valence-electron chi connectivity index (χ2n) is 14.9. The summed E-state index contributed by atoms with van der Waals surface area (Å²) >= 11 is 0. The topological polar surface area (TPSA) is 84.2 Å². The highest BCUT2D eigenvalue weighted by Crippen LogP contribution is 2.45. The lowest BCUT2D eigenvalue weighted by molar-refractivity contribution is 1.05. The number of benzene rings is 4. The van der Waals surface area contributed by atoms with Crippen LogP contribution < -0.4 is 16.4 Å². The zero-order valence-corrected chi connectivity index (χ0v) is 30.1. The second kappa shape index (κ2) is 10.5. The van der Waals surface area contributed by atoms with Crippen LogP contribution in [0.1, 0.15) is 0 Å². The third kappa shape index (κ3) is 3.54. The van der Waals surface area contributed by atoms with Crippen LogP contribution in [0.5, 0.6) is 0 Å². The third-order valence-corrected chi connectivity index (χ3v) is 12.2. The minimum Gasteiger partial charge on any atom is -0.296 e. The Bertz CT molecular complexity index is 3470. The van der Waals surface area contributed by atoms with Gasteiger partial charge in [0.15, 0.2) is 5.82 Å². The van der Waals surface area contributed by atoms with Crippen LogP contribution in [0.15, 0.2) is 158 Å². The molecule has 10 heteroatoms. The van der Waals surface area contributed by atoms with Crippen molar-refractivity contribution in [1.82, 2.24) is 43.2 Å². The smallest absolute Gasteiger partial charge is 0.252 e. The van der Waals surface area contributed by atoms with Gasteiger partial charge in [0.2, 0.25) is 0 Å². The van der Waals surface area contributed by atoms with Crippen molar-refractivity contribution in [2.75, 3.05) is 0 Å². The molecule has 0 fully saturated rings. The number of fused-ring (bicyclic) bond motifs is 14. The summed E-state index contributed by atoms with van der Waals surface area (Å²) in [4.78, 5) is 24.9. The van der Waals surface area contributed by atoms with Gasteiger partial charge in [-0.2, -0.15) is 0 Å². The van der Waals surface area contributed by atoms with Gasteiger partial charge in [-0.25, -0.2) is 9.97 Å². The summed E-state index contributed by atoms with van der Waals surface area (Å²) < 4.78 is 9.67. The second-order valence-corrected chi connectivity index (χ2v) is 14.9.